The molecule has 1 fully saturated rings. The van der Waals surface area contributed by atoms with E-state index in [-0.39, 0.29) is 23.8 Å². The van der Waals surface area contributed by atoms with Crippen molar-refractivity contribution in [1.29, 1.82) is 0 Å². The van der Waals surface area contributed by atoms with Crippen LogP contribution in [0.2, 0.25) is 0 Å². The maximum Gasteiger partial charge on any atom is 0.243 e. The molecule has 1 amide bonds. The number of rotatable bonds is 8. The van der Waals surface area contributed by atoms with E-state index in [0.717, 1.165) is 30.4 Å². The van der Waals surface area contributed by atoms with E-state index in [1.165, 1.54) is 22.9 Å². The topological polar surface area (TPSA) is 95.8 Å². The van der Waals surface area contributed by atoms with Crippen molar-refractivity contribution in [2.24, 2.45) is 0 Å². The summed E-state index contributed by atoms with van der Waals surface area (Å²) < 4.78 is 33.3. The summed E-state index contributed by atoms with van der Waals surface area (Å²) in [4.78, 5) is 14.9. The first-order valence-electron chi connectivity index (χ1n) is 9.56. The van der Waals surface area contributed by atoms with Crippen LogP contribution in [0, 0.1) is 6.92 Å². The molecule has 10 heteroatoms. The molecule has 3 rings (SSSR count). The standard InChI is InChI=1S/C19H25BrN4O4S/c1-15-13-18(22-28-15)21-19(25)14-24(12-11-23-9-3-2-4-10-23)29(26,27)17-7-5-16(20)6-8-17/h5-8,13H,2-4,9-12,14H2,1H3,(H,21,22,25). The average Bonchev–Trinajstić information content (AvgIpc) is 3.10. The smallest absolute Gasteiger partial charge is 0.243 e. The van der Waals surface area contributed by atoms with Gasteiger partial charge in [-0.2, -0.15) is 4.31 Å². The largest absolute Gasteiger partial charge is 0.360 e. The number of hydrogen-bond acceptors (Lipinski definition) is 6. The fourth-order valence-corrected chi connectivity index (χ4v) is 4.90. The monoisotopic (exact) mass is 484 g/mol. The van der Waals surface area contributed by atoms with Gasteiger partial charge < -0.3 is 14.7 Å². The van der Waals surface area contributed by atoms with Crippen molar-refractivity contribution in [2.75, 3.05) is 38.0 Å². The van der Waals surface area contributed by atoms with Gasteiger partial charge in [0.05, 0.1) is 11.4 Å². The number of nitrogens with one attached hydrogen (secondary N) is 1. The Morgan fingerprint density at radius 2 is 1.93 bits per heavy atom. The summed E-state index contributed by atoms with van der Waals surface area (Å²) in [5, 5.41) is 6.32. The number of piperidine rings is 1. The fraction of sp³-hybridized carbons (Fsp3) is 0.474. The lowest BCUT2D eigenvalue weighted by molar-refractivity contribution is -0.116. The predicted octanol–water partition coefficient (Wildman–Crippen LogP) is 2.86. The first-order valence-corrected chi connectivity index (χ1v) is 11.8. The van der Waals surface area contributed by atoms with Gasteiger partial charge in [0.2, 0.25) is 15.9 Å². The number of halogens is 1. The molecule has 1 aliphatic heterocycles. The van der Waals surface area contributed by atoms with Gasteiger partial charge in [0.25, 0.3) is 0 Å². The predicted molar refractivity (Wildman–Crippen MR) is 113 cm³/mol. The molecule has 0 radical (unpaired) electrons. The Hall–Kier alpha value is -1.75. The normalized spacial score (nSPS) is 15.6. The highest BCUT2D eigenvalue weighted by molar-refractivity contribution is 9.10. The summed E-state index contributed by atoms with van der Waals surface area (Å²) in [5.41, 5.74) is 0. The zero-order valence-corrected chi connectivity index (χ0v) is 18.7. The van der Waals surface area contributed by atoms with Crippen LogP contribution in [-0.4, -0.2) is 61.4 Å². The molecule has 1 aliphatic rings. The van der Waals surface area contributed by atoms with Gasteiger partial charge in [0.15, 0.2) is 5.82 Å². The minimum Gasteiger partial charge on any atom is -0.360 e. The summed E-state index contributed by atoms with van der Waals surface area (Å²) in [5.74, 6) is 0.367. The Kier molecular flexibility index (Phi) is 7.44. The Morgan fingerprint density at radius 3 is 2.55 bits per heavy atom. The molecule has 1 saturated heterocycles. The van der Waals surface area contributed by atoms with E-state index in [1.807, 2.05) is 0 Å². The minimum atomic E-state index is -3.82. The molecular formula is C19H25BrN4O4S. The number of amides is 1. The zero-order valence-electron chi connectivity index (χ0n) is 16.3. The second kappa shape index (κ2) is 9.84. The van der Waals surface area contributed by atoms with Gasteiger partial charge in [0.1, 0.15) is 5.76 Å². The SMILES string of the molecule is Cc1cc(NC(=O)CN(CCN2CCCCC2)S(=O)(=O)c2ccc(Br)cc2)no1. The first kappa shape index (κ1) is 21.9. The molecule has 158 valence electrons. The van der Waals surface area contributed by atoms with Gasteiger partial charge in [-0.1, -0.05) is 27.5 Å². The van der Waals surface area contributed by atoms with Crippen molar-refractivity contribution in [1.82, 2.24) is 14.4 Å². The van der Waals surface area contributed by atoms with Crippen molar-refractivity contribution in [3.05, 3.63) is 40.6 Å². The zero-order chi connectivity index (χ0) is 20.9. The maximum atomic E-state index is 13.2. The van der Waals surface area contributed by atoms with E-state index in [0.29, 0.717) is 12.3 Å². The second-order valence-electron chi connectivity index (χ2n) is 7.07. The van der Waals surface area contributed by atoms with Gasteiger partial charge in [-0.05, 0) is 57.1 Å². The molecule has 0 aliphatic carbocycles. The lowest BCUT2D eigenvalue weighted by atomic mass is 10.1. The Balaban J connectivity index is 1.74. The minimum absolute atomic E-state index is 0.157. The number of carbonyl (C=O) groups is 1. The quantitative estimate of drug-likeness (QED) is 0.618. The molecule has 1 N–H and O–H groups in total. The second-order valence-corrected chi connectivity index (χ2v) is 9.92. The number of sulfonamides is 1. The number of benzene rings is 1. The number of anilines is 1. The van der Waals surface area contributed by atoms with Crippen molar-refractivity contribution < 1.29 is 17.7 Å². The Morgan fingerprint density at radius 1 is 1.24 bits per heavy atom. The van der Waals surface area contributed by atoms with Crippen molar-refractivity contribution >= 4 is 37.7 Å². The third-order valence-corrected chi connectivity index (χ3v) is 7.17. The van der Waals surface area contributed by atoms with E-state index in [2.05, 4.69) is 31.3 Å². The van der Waals surface area contributed by atoms with Crippen LogP contribution in [0.3, 0.4) is 0 Å². The van der Waals surface area contributed by atoms with E-state index < -0.39 is 15.9 Å². The highest BCUT2D eigenvalue weighted by Crippen LogP contribution is 2.19. The van der Waals surface area contributed by atoms with Gasteiger partial charge >= 0.3 is 0 Å². The van der Waals surface area contributed by atoms with Crippen molar-refractivity contribution in [2.45, 2.75) is 31.1 Å². The van der Waals surface area contributed by atoms with Crippen LogP contribution in [0.1, 0.15) is 25.0 Å². The van der Waals surface area contributed by atoms with Crippen molar-refractivity contribution in [3.8, 4) is 0 Å². The Labute approximate surface area is 179 Å². The van der Waals surface area contributed by atoms with Gasteiger partial charge in [-0.25, -0.2) is 8.42 Å². The van der Waals surface area contributed by atoms with Crippen LogP contribution < -0.4 is 5.32 Å². The van der Waals surface area contributed by atoms with E-state index >= 15 is 0 Å². The molecule has 2 heterocycles. The molecule has 0 saturated carbocycles. The van der Waals surface area contributed by atoms with Crippen LogP contribution in [0.25, 0.3) is 0 Å². The lowest BCUT2D eigenvalue weighted by Crippen LogP contribution is -2.43. The summed E-state index contributed by atoms with van der Waals surface area (Å²) in [6, 6.07) is 8.00. The molecule has 0 atom stereocenters. The third-order valence-electron chi connectivity index (χ3n) is 4.78. The molecule has 2 aromatic rings. The number of nitrogens with zero attached hydrogens (tertiary/aromatic N) is 3. The number of aryl methyl sites for hydroxylation is 1. The van der Waals surface area contributed by atoms with Crippen molar-refractivity contribution in [3.63, 3.8) is 0 Å². The maximum absolute atomic E-state index is 13.2. The van der Waals surface area contributed by atoms with Crippen LogP contribution in [0.5, 0.6) is 0 Å². The summed E-state index contributed by atoms with van der Waals surface area (Å²) in [6.07, 6.45) is 3.44. The summed E-state index contributed by atoms with van der Waals surface area (Å²) >= 11 is 3.32. The van der Waals surface area contributed by atoms with Gasteiger partial charge in [-0.3, -0.25) is 4.79 Å². The average molecular weight is 485 g/mol. The molecule has 29 heavy (non-hydrogen) atoms. The molecular weight excluding hydrogens is 460 g/mol. The van der Waals surface area contributed by atoms with Crippen LogP contribution in [-0.2, 0) is 14.8 Å². The summed E-state index contributed by atoms with van der Waals surface area (Å²) in [7, 11) is -3.82. The molecule has 0 bridgehead atoms. The van der Waals surface area contributed by atoms with Crippen LogP contribution >= 0.6 is 15.9 Å². The first-order chi connectivity index (χ1) is 13.8. The lowest BCUT2D eigenvalue weighted by Gasteiger charge is -2.29. The van der Waals surface area contributed by atoms with E-state index in [4.69, 9.17) is 4.52 Å². The highest BCUT2D eigenvalue weighted by atomic mass is 79.9. The van der Waals surface area contributed by atoms with Crippen LogP contribution in [0.4, 0.5) is 5.82 Å². The third kappa shape index (κ3) is 6.11. The highest BCUT2D eigenvalue weighted by Gasteiger charge is 2.27. The number of hydrogen-bond donors (Lipinski definition) is 1. The number of carbonyl (C=O) groups excluding carboxylic acids is 1. The van der Waals surface area contributed by atoms with Crippen LogP contribution in [0.15, 0.2) is 44.2 Å². The molecule has 1 aromatic heterocycles. The number of likely N-dealkylation sites (tertiary alicyclic amines) is 1. The van der Waals surface area contributed by atoms with Gasteiger partial charge in [0, 0.05) is 23.6 Å². The fourth-order valence-electron chi connectivity index (χ4n) is 3.24. The number of aromatic nitrogens is 1. The molecule has 1 aromatic carbocycles. The van der Waals surface area contributed by atoms with E-state index in [1.54, 1.807) is 25.1 Å². The molecule has 0 unspecified atom stereocenters. The summed E-state index contributed by atoms with van der Waals surface area (Å²) in [6.45, 7) is 4.16. The molecule has 0 spiro atoms. The Bertz CT molecular complexity index is 924. The molecule has 8 nitrogen and oxygen atoms in total. The van der Waals surface area contributed by atoms with Gasteiger partial charge in [-0.15, -0.1) is 0 Å². The van der Waals surface area contributed by atoms with E-state index in [9.17, 15) is 13.2 Å².